The summed E-state index contributed by atoms with van der Waals surface area (Å²) in [5.74, 6) is 0.0940. The van der Waals surface area contributed by atoms with E-state index in [4.69, 9.17) is 0 Å². The molecule has 0 fully saturated rings. The summed E-state index contributed by atoms with van der Waals surface area (Å²) in [4.78, 5) is 11.6. The van der Waals surface area contributed by atoms with Gasteiger partial charge in [0.25, 0.3) is 0 Å². The summed E-state index contributed by atoms with van der Waals surface area (Å²) >= 11 is 0. The van der Waals surface area contributed by atoms with Crippen molar-refractivity contribution in [3.05, 3.63) is 41.5 Å². The third-order valence-corrected chi connectivity index (χ3v) is 3.01. The number of rotatable bonds is 6. The van der Waals surface area contributed by atoms with Crippen LogP contribution in [0.4, 0.5) is 0 Å². The molecule has 0 saturated heterocycles. The Balaban J connectivity index is 2.33. The van der Waals surface area contributed by atoms with Gasteiger partial charge in [0, 0.05) is 12.6 Å². The molecule has 1 rings (SSSR count). The van der Waals surface area contributed by atoms with Crippen LogP contribution in [-0.4, -0.2) is 23.7 Å². The molecule has 0 radical (unpaired) electrons. The topological polar surface area (TPSA) is 49.3 Å². The minimum absolute atomic E-state index is 0.128. The molecule has 1 aromatic rings. The van der Waals surface area contributed by atoms with Crippen LogP contribution >= 0.6 is 0 Å². The van der Waals surface area contributed by atoms with E-state index in [2.05, 4.69) is 5.32 Å². The maximum absolute atomic E-state index is 11.6. The average Bonchev–Trinajstić information content (AvgIpc) is 2.37. The first-order chi connectivity index (χ1) is 8.99. The first-order valence-corrected chi connectivity index (χ1v) is 6.69. The van der Waals surface area contributed by atoms with Gasteiger partial charge in [0.1, 0.15) is 0 Å². The van der Waals surface area contributed by atoms with E-state index in [1.165, 1.54) is 11.6 Å². The molecule has 19 heavy (non-hydrogen) atoms. The minimum atomic E-state index is -0.360. The standard InChI is InChI=1S/C16H23NO2/c1-12(2)15(18)10-11-17-16(19)9-8-14-6-4-13(3)5-7-14/h4-9,12,15,18H,10-11H2,1-3H3,(H,17,19). The van der Waals surface area contributed by atoms with Crippen LogP contribution in [0, 0.1) is 12.8 Å². The summed E-state index contributed by atoms with van der Waals surface area (Å²) in [6.07, 6.45) is 3.53. The van der Waals surface area contributed by atoms with Crippen molar-refractivity contribution in [1.29, 1.82) is 0 Å². The summed E-state index contributed by atoms with van der Waals surface area (Å²) in [6, 6.07) is 7.97. The van der Waals surface area contributed by atoms with Gasteiger partial charge in [-0.25, -0.2) is 0 Å². The van der Waals surface area contributed by atoms with Crippen LogP contribution in [-0.2, 0) is 4.79 Å². The van der Waals surface area contributed by atoms with E-state index in [1.54, 1.807) is 6.08 Å². The van der Waals surface area contributed by atoms with Crippen LogP contribution in [0.2, 0.25) is 0 Å². The number of aryl methyl sites for hydroxylation is 1. The normalized spacial score (nSPS) is 12.9. The Bertz CT molecular complexity index is 421. The van der Waals surface area contributed by atoms with Gasteiger partial charge in [-0.05, 0) is 30.9 Å². The predicted octanol–water partition coefficient (Wildman–Crippen LogP) is 2.53. The lowest BCUT2D eigenvalue weighted by Gasteiger charge is -2.13. The minimum Gasteiger partial charge on any atom is -0.393 e. The second-order valence-corrected chi connectivity index (χ2v) is 5.14. The largest absolute Gasteiger partial charge is 0.393 e. The lowest BCUT2D eigenvalue weighted by atomic mass is 10.0. The molecule has 0 spiro atoms. The molecule has 3 nitrogen and oxygen atoms in total. The molecular formula is C16H23NO2. The Labute approximate surface area is 115 Å². The van der Waals surface area contributed by atoms with E-state index >= 15 is 0 Å². The van der Waals surface area contributed by atoms with Crippen molar-refractivity contribution in [2.45, 2.75) is 33.3 Å². The number of hydrogen-bond donors (Lipinski definition) is 2. The third-order valence-electron chi connectivity index (χ3n) is 3.01. The number of carbonyl (C=O) groups is 1. The maximum Gasteiger partial charge on any atom is 0.244 e. The van der Waals surface area contributed by atoms with E-state index < -0.39 is 0 Å². The second-order valence-electron chi connectivity index (χ2n) is 5.14. The molecule has 0 aliphatic rings. The van der Waals surface area contributed by atoms with Gasteiger partial charge in [-0.15, -0.1) is 0 Å². The van der Waals surface area contributed by atoms with Crippen molar-refractivity contribution in [1.82, 2.24) is 5.32 Å². The summed E-state index contributed by atoms with van der Waals surface area (Å²) in [7, 11) is 0. The molecule has 0 saturated carbocycles. The molecule has 1 atom stereocenters. The van der Waals surface area contributed by atoms with Crippen LogP contribution < -0.4 is 5.32 Å². The highest BCUT2D eigenvalue weighted by molar-refractivity contribution is 5.91. The smallest absolute Gasteiger partial charge is 0.244 e. The number of aliphatic hydroxyl groups excluding tert-OH is 1. The molecule has 0 aromatic heterocycles. The van der Waals surface area contributed by atoms with Crippen LogP contribution in [0.5, 0.6) is 0 Å². The fourth-order valence-corrected chi connectivity index (χ4v) is 1.58. The molecule has 0 bridgehead atoms. The number of carbonyl (C=O) groups excluding carboxylic acids is 1. The summed E-state index contributed by atoms with van der Waals surface area (Å²) in [6.45, 7) is 6.45. The van der Waals surface area contributed by atoms with E-state index in [9.17, 15) is 9.90 Å². The SMILES string of the molecule is Cc1ccc(C=CC(=O)NCCC(O)C(C)C)cc1. The number of hydrogen-bond acceptors (Lipinski definition) is 2. The molecular weight excluding hydrogens is 238 g/mol. The monoisotopic (exact) mass is 261 g/mol. The quantitative estimate of drug-likeness (QED) is 0.773. The van der Waals surface area contributed by atoms with Crippen LogP contribution in [0.1, 0.15) is 31.4 Å². The van der Waals surface area contributed by atoms with Gasteiger partial charge >= 0.3 is 0 Å². The summed E-state index contributed by atoms with van der Waals surface area (Å²) in [5.41, 5.74) is 2.20. The second kappa shape index (κ2) is 7.74. The van der Waals surface area contributed by atoms with E-state index in [-0.39, 0.29) is 17.9 Å². The van der Waals surface area contributed by atoms with Gasteiger partial charge in [-0.2, -0.15) is 0 Å². The highest BCUT2D eigenvalue weighted by atomic mass is 16.3. The molecule has 2 N–H and O–H groups in total. The molecule has 3 heteroatoms. The zero-order valence-corrected chi connectivity index (χ0v) is 11.9. The zero-order valence-electron chi connectivity index (χ0n) is 11.9. The van der Waals surface area contributed by atoms with Gasteiger partial charge in [0.05, 0.1) is 6.10 Å². The van der Waals surface area contributed by atoms with Gasteiger partial charge < -0.3 is 10.4 Å². The first-order valence-electron chi connectivity index (χ1n) is 6.69. The van der Waals surface area contributed by atoms with Crippen molar-refractivity contribution in [2.24, 2.45) is 5.92 Å². The maximum atomic E-state index is 11.6. The van der Waals surface area contributed by atoms with Gasteiger partial charge in [-0.1, -0.05) is 43.7 Å². The lowest BCUT2D eigenvalue weighted by molar-refractivity contribution is -0.116. The number of aliphatic hydroxyl groups is 1. The molecule has 0 aliphatic carbocycles. The van der Waals surface area contributed by atoms with Gasteiger partial charge in [0.2, 0.25) is 5.91 Å². The van der Waals surface area contributed by atoms with Gasteiger partial charge in [0.15, 0.2) is 0 Å². The lowest BCUT2D eigenvalue weighted by Crippen LogP contribution is -2.27. The molecule has 0 heterocycles. The van der Waals surface area contributed by atoms with Crippen molar-refractivity contribution >= 4 is 12.0 Å². The zero-order chi connectivity index (χ0) is 14.3. The molecule has 0 aliphatic heterocycles. The molecule has 1 unspecified atom stereocenters. The molecule has 1 amide bonds. The average molecular weight is 261 g/mol. The summed E-state index contributed by atoms with van der Waals surface area (Å²) in [5, 5.41) is 12.4. The van der Waals surface area contributed by atoms with Crippen molar-refractivity contribution in [2.75, 3.05) is 6.54 Å². The first kappa shape index (κ1) is 15.4. The highest BCUT2D eigenvalue weighted by Crippen LogP contribution is 2.05. The Hall–Kier alpha value is -1.61. The van der Waals surface area contributed by atoms with Crippen LogP contribution in [0.25, 0.3) is 6.08 Å². The molecule has 104 valence electrons. The number of benzene rings is 1. The third kappa shape index (κ3) is 6.20. The van der Waals surface area contributed by atoms with Crippen LogP contribution in [0.15, 0.2) is 30.3 Å². The predicted molar refractivity (Wildman–Crippen MR) is 78.7 cm³/mol. The van der Waals surface area contributed by atoms with Crippen molar-refractivity contribution < 1.29 is 9.90 Å². The van der Waals surface area contributed by atoms with Crippen molar-refractivity contribution in [3.8, 4) is 0 Å². The molecule has 1 aromatic carbocycles. The highest BCUT2D eigenvalue weighted by Gasteiger charge is 2.08. The van der Waals surface area contributed by atoms with Crippen molar-refractivity contribution in [3.63, 3.8) is 0 Å². The van der Waals surface area contributed by atoms with E-state index in [0.717, 1.165) is 5.56 Å². The fraction of sp³-hybridized carbons (Fsp3) is 0.438. The van der Waals surface area contributed by atoms with Gasteiger partial charge in [-0.3, -0.25) is 4.79 Å². The number of amides is 1. The Kier molecular flexibility index (Phi) is 6.30. The van der Waals surface area contributed by atoms with E-state index in [1.807, 2.05) is 45.0 Å². The Morgan fingerprint density at radius 3 is 2.53 bits per heavy atom. The Morgan fingerprint density at radius 2 is 1.95 bits per heavy atom. The van der Waals surface area contributed by atoms with Crippen LogP contribution in [0.3, 0.4) is 0 Å². The number of nitrogens with one attached hydrogen (secondary N) is 1. The Morgan fingerprint density at radius 1 is 1.32 bits per heavy atom. The van der Waals surface area contributed by atoms with E-state index in [0.29, 0.717) is 13.0 Å². The fourth-order valence-electron chi connectivity index (χ4n) is 1.58. The summed E-state index contributed by atoms with van der Waals surface area (Å²) < 4.78 is 0.